The van der Waals surface area contributed by atoms with Crippen LogP contribution in [0.3, 0.4) is 0 Å². The summed E-state index contributed by atoms with van der Waals surface area (Å²) in [6.07, 6.45) is 4.83. The highest BCUT2D eigenvalue weighted by Crippen LogP contribution is 2.32. The van der Waals surface area contributed by atoms with Crippen molar-refractivity contribution in [2.24, 2.45) is 4.99 Å². The summed E-state index contributed by atoms with van der Waals surface area (Å²) in [5.41, 5.74) is 1.59. The predicted octanol–water partition coefficient (Wildman–Crippen LogP) is 2.33. The Hall–Kier alpha value is -2.23. The van der Waals surface area contributed by atoms with Crippen molar-refractivity contribution in [3.05, 3.63) is 42.4 Å². The highest BCUT2D eigenvalue weighted by Gasteiger charge is 2.11. The van der Waals surface area contributed by atoms with Gasteiger partial charge in [0.1, 0.15) is 17.8 Å². The summed E-state index contributed by atoms with van der Waals surface area (Å²) in [7, 11) is 0. The van der Waals surface area contributed by atoms with E-state index in [1.165, 1.54) is 6.33 Å². The fourth-order valence-corrected chi connectivity index (χ4v) is 1.40. The van der Waals surface area contributed by atoms with E-state index in [-0.39, 0.29) is 0 Å². The molecule has 4 nitrogen and oxygen atoms in total. The fourth-order valence-electron chi connectivity index (χ4n) is 1.40. The van der Waals surface area contributed by atoms with E-state index in [0.717, 1.165) is 11.3 Å². The minimum atomic E-state index is 0.492. The zero-order valence-corrected chi connectivity index (χ0v) is 7.79. The van der Waals surface area contributed by atoms with Crippen LogP contribution in [0, 0.1) is 0 Å². The van der Waals surface area contributed by atoms with E-state index in [1.54, 1.807) is 12.4 Å². The Bertz CT molecular complexity index is 489. The van der Waals surface area contributed by atoms with E-state index in [4.69, 9.17) is 4.74 Å². The number of benzene rings is 1. The SMILES string of the molecule is C1=Nc2cncnc2Oc2ccccc21. The van der Waals surface area contributed by atoms with Crippen LogP contribution < -0.4 is 4.74 Å². The Morgan fingerprint density at radius 1 is 1.13 bits per heavy atom. The number of nitrogens with zero attached hydrogens (tertiary/aromatic N) is 3. The van der Waals surface area contributed by atoms with Crippen LogP contribution in [0.25, 0.3) is 0 Å². The summed E-state index contributed by atoms with van der Waals surface area (Å²) in [6, 6.07) is 7.69. The first-order valence-electron chi connectivity index (χ1n) is 4.54. The molecule has 0 radical (unpaired) electrons. The van der Waals surface area contributed by atoms with Crippen LogP contribution in [0.2, 0.25) is 0 Å². The van der Waals surface area contributed by atoms with Crippen LogP contribution >= 0.6 is 0 Å². The zero-order valence-electron chi connectivity index (χ0n) is 7.79. The number of para-hydroxylation sites is 1. The minimum Gasteiger partial charge on any atom is -0.436 e. The molecule has 0 saturated heterocycles. The second kappa shape index (κ2) is 3.16. The maximum absolute atomic E-state index is 5.63. The molecular formula is C11H7N3O. The monoisotopic (exact) mass is 197 g/mol. The number of aliphatic imine (C=N–C) groups is 1. The van der Waals surface area contributed by atoms with Crippen molar-refractivity contribution in [1.82, 2.24) is 9.97 Å². The fraction of sp³-hybridized carbons (Fsp3) is 0. The molecule has 1 aliphatic heterocycles. The molecule has 3 rings (SSSR count). The Morgan fingerprint density at radius 2 is 2.07 bits per heavy atom. The van der Waals surface area contributed by atoms with Crippen LogP contribution in [-0.4, -0.2) is 16.2 Å². The molecule has 1 aromatic carbocycles. The second-order valence-electron chi connectivity index (χ2n) is 3.11. The lowest BCUT2D eigenvalue weighted by molar-refractivity contribution is 0.464. The normalized spacial score (nSPS) is 12.3. The quantitative estimate of drug-likeness (QED) is 0.555. The second-order valence-corrected chi connectivity index (χ2v) is 3.11. The van der Waals surface area contributed by atoms with Gasteiger partial charge >= 0.3 is 0 Å². The smallest absolute Gasteiger partial charge is 0.248 e. The summed E-state index contributed by atoms with van der Waals surface area (Å²) < 4.78 is 5.63. The van der Waals surface area contributed by atoms with Crippen LogP contribution in [0.5, 0.6) is 11.6 Å². The summed E-state index contributed by atoms with van der Waals surface area (Å²) in [6.45, 7) is 0. The molecule has 0 aliphatic carbocycles. The average Bonchev–Trinajstić information content (AvgIpc) is 2.48. The number of fused-ring (bicyclic) bond motifs is 2. The Kier molecular flexibility index (Phi) is 1.71. The van der Waals surface area contributed by atoms with E-state index in [1.807, 2.05) is 24.3 Å². The van der Waals surface area contributed by atoms with Crippen LogP contribution in [0.15, 0.2) is 41.8 Å². The number of aromatic nitrogens is 2. The molecule has 2 heterocycles. The Morgan fingerprint density at radius 3 is 3.07 bits per heavy atom. The van der Waals surface area contributed by atoms with Crippen molar-refractivity contribution in [3.63, 3.8) is 0 Å². The van der Waals surface area contributed by atoms with Crippen LogP contribution in [-0.2, 0) is 0 Å². The van der Waals surface area contributed by atoms with Gasteiger partial charge in [0.2, 0.25) is 5.88 Å². The van der Waals surface area contributed by atoms with Gasteiger partial charge in [0.25, 0.3) is 0 Å². The van der Waals surface area contributed by atoms with Crippen LogP contribution in [0.1, 0.15) is 5.56 Å². The lowest BCUT2D eigenvalue weighted by atomic mass is 10.2. The molecule has 0 N–H and O–H groups in total. The topological polar surface area (TPSA) is 47.4 Å². The number of ether oxygens (including phenoxy) is 1. The Labute approximate surface area is 86.3 Å². The first-order valence-corrected chi connectivity index (χ1v) is 4.54. The minimum absolute atomic E-state index is 0.492. The molecule has 72 valence electrons. The third-order valence-corrected chi connectivity index (χ3v) is 2.13. The third-order valence-electron chi connectivity index (χ3n) is 2.13. The summed E-state index contributed by atoms with van der Waals surface area (Å²) in [5, 5.41) is 0. The van der Waals surface area contributed by atoms with E-state index >= 15 is 0 Å². The molecule has 0 unspecified atom stereocenters. The summed E-state index contributed by atoms with van der Waals surface area (Å²) in [5.74, 6) is 1.25. The molecule has 15 heavy (non-hydrogen) atoms. The number of hydrogen-bond acceptors (Lipinski definition) is 4. The largest absolute Gasteiger partial charge is 0.436 e. The van der Waals surface area contributed by atoms with Crippen molar-refractivity contribution in [2.45, 2.75) is 0 Å². The van der Waals surface area contributed by atoms with Crippen molar-refractivity contribution < 1.29 is 4.74 Å². The third kappa shape index (κ3) is 1.36. The molecule has 0 atom stereocenters. The maximum Gasteiger partial charge on any atom is 0.248 e. The lowest BCUT2D eigenvalue weighted by Crippen LogP contribution is -1.89. The average molecular weight is 197 g/mol. The molecule has 1 aromatic heterocycles. The molecule has 0 amide bonds. The first kappa shape index (κ1) is 8.11. The van der Waals surface area contributed by atoms with Crippen LogP contribution in [0.4, 0.5) is 5.69 Å². The van der Waals surface area contributed by atoms with E-state index in [0.29, 0.717) is 11.6 Å². The molecule has 0 spiro atoms. The van der Waals surface area contributed by atoms with Gasteiger partial charge < -0.3 is 4.74 Å². The van der Waals surface area contributed by atoms with Gasteiger partial charge in [0.05, 0.1) is 6.20 Å². The van der Waals surface area contributed by atoms with Gasteiger partial charge in [-0.15, -0.1) is 0 Å². The van der Waals surface area contributed by atoms with Gasteiger partial charge in [0.15, 0.2) is 0 Å². The van der Waals surface area contributed by atoms with Crippen molar-refractivity contribution in [1.29, 1.82) is 0 Å². The molecule has 4 heteroatoms. The highest BCUT2D eigenvalue weighted by molar-refractivity contribution is 5.87. The number of hydrogen-bond donors (Lipinski definition) is 0. The first-order chi connectivity index (χ1) is 7.43. The van der Waals surface area contributed by atoms with Crippen molar-refractivity contribution >= 4 is 11.9 Å². The van der Waals surface area contributed by atoms with E-state index < -0.39 is 0 Å². The molecule has 2 aromatic rings. The molecule has 0 saturated carbocycles. The molecule has 1 aliphatic rings. The van der Waals surface area contributed by atoms with Crippen molar-refractivity contribution in [2.75, 3.05) is 0 Å². The number of rotatable bonds is 0. The molecule has 0 bridgehead atoms. The zero-order chi connectivity index (χ0) is 10.1. The van der Waals surface area contributed by atoms with Gasteiger partial charge in [-0.2, -0.15) is 4.98 Å². The summed E-state index contributed by atoms with van der Waals surface area (Å²) in [4.78, 5) is 12.2. The van der Waals surface area contributed by atoms with Crippen molar-refractivity contribution in [3.8, 4) is 11.6 Å². The maximum atomic E-state index is 5.63. The van der Waals surface area contributed by atoms with Gasteiger partial charge in [-0.1, -0.05) is 12.1 Å². The van der Waals surface area contributed by atoms with Gasteiger partial charge in [-0.25, -0.2) is 9.98 Å². The molecule has 0 fully saturated rings. The lowest BCUT2D eigenvalue weighted by Gasteiger charge is -2.04. The van der Waals surface area contributed by atoms with Gasteiger partial charge in [0, 0.05) is 11.8 Å². The van der Waals surface area contributed by atoms with E-state index in [2.05, 4.69) is 15.0 Å². The Balaban J connectivity index is 2.19. The molecular weight excluding hydrogens is 190 g/mol. The van der Waals surface area contributed by atoms with Gasteiger partial charge in [-0.05, 0) is 12.1 Å². The standard InChI is InChI=1S/C11H7N3O/c1-2-4-10-8(3-1)5-13-9-6-12-7-14-11(9)15-10/h1-7H. The predicted molar refractivity (Wildman–Crippen MR) is 55.8 cm³/mol. The highest BCUT2D eigenvalue weighted by atomic mass is 16.5. The van der Waals surface area contributed by atoms with E-state index in [9.17, 15) is 0 Å². The van der Waals surface area contributed by atoms with Gasteiger partial charge in [-0.3, -0.25) is 0 Å². The summed E-state index contributed by atoms with van der Waals surface area (Å²) >= 11 is 0.